The van der Waals surface area contributed by atoms with Gasteiger partial charge in [-0.2, -0.15) is 0 Å². The molecule has 100 valence electrons. The summed E-state index contributed by atoms with van der Waals surface area (Å²) < 4.78 is 17.5. The van der Waals surface area contributed by atoms with Crippen molar-refractivity contribution in [3.8, 4) is 5.75 Å². The summed E-state index contributed by atoms with van der Waals surface area (Å²) in [7, 11) is 1.65. The molecule has 4 nitrogen and oxygen atoms in total. The van der Waals surface area contributed by atoms with Crippen molar-refractivity contribution in [2.75, 3.05) is 26.9 Å². The number of hydrogen-bond acceptors (Lipinski definition) is 4. The standard InChI is InChI=1S/C13H18BrNO3/c1-8-5-11(16-2)9(6-10(8)14)13(15)12-7-17-3-4-18-12/h5-6,12-13H,3-4,7,15H2,1-2H3. The van der Waals surface area contributed by atoms with Crippen LogP contribution in [0.15, 0.2) is 16.6 Å². The van der Waals surface area contributed by atoms with Gasteiger partial charge in [0.1, 0.15) is 11.9 Å². The van der Waals surface area contributed by atoms with Gasteiger partial charge >= 0.3 is 0 Å². The largest absolute Gasteiger partial charge is 0.496 e. The zero-order valence-electron chi connectivity index (χ0n) is 10.6. The Labute approximate surface area is 116 Å². The van der Waals surface area contributed by atoms with Crippen LogP contribution in [-0.2, 0) is 9.47 Å². The van der Waals surface area contributed by atoms with Crippen LogP contribution in [0, 0.1) is 6.92 Å². The second-order valence-electron chi connectivity index (χ2n) is 4.35. The number of aryl methyl sites for hydroxylation is 1. The molecule has 0 spiro atoms. The molecule has 0 aliphatic carbocycles. The maximum atomic E-state index is 6.26. The van der Waals surface area contributed by atoms with Crippen LogP contribution in [0.5, 0.6) is 5.75 Å². The molecular formula is C13H18BrNO3. The van der Waals surface area contributed by atoms with Crippen molar-refractivity contribution in [1.82, 2.24) is 0 Å². The molecule has 2 unspecified atom stereocenters. The summed E-state index contributed by atoms with van der Waals surface area (Å²) in [6.45, 7) is 3.77. The summed E-state index contributed by atoms with van der Waals surface area (Å²) in [6.07, 6.45) is -0.123. The lowest BCUT2D eigenvalue weighted by Gasteiger charge is -2.29. The molecule has 0 bridgehead atoms. The molecule has 18 heavy (non-hydrogen) atoms. The highest BCUT2D eigenvalue weighted by Crippen LogP contribution is 2.32. The number of rotatable bonds is 3. The first-order chi connectivity index (χ1) is 8.63. The van der Waals surface area contributed by atoms with E-state index < -0.39 is 0 Å². The van der Waals surface area contributed by atoms with Gasteiger partial charge in [0.15, 0.2) is 0 Å². The third-order valence-corrected chi connectivity index (χ3v) is 3.97. The Balaban J connectivity index is 2.27. The molecule has 0 amide bonds. The molecule has 1 saturated heterocycles. The van der Waals surface area contributed by atoms with E-state index in [1.807, 2.05) is 19.1 Å². The summed E-state index contributed by atoms with van der Waals surface area (Å²) in [4.78, 5) is 0. The monoisotopic (exact) mass is 315 g/mol. The van der Waals surface area contributed by atoms with Gasteiger partial charge in [0, 0.05) is 10.0 Å². The first-order valence-corrected chi connectivity index (χ1v) is 6.71. The summed E-state index contributed by atoms with van der Waals surface area (Å²) >= 11 is 3.52. The molecule has 1 aliphatic rings. The minimum atomic E-state index is -0.253. The van der Waals surface area contributed by atoms with Gasteiger partial charge in [0.25, 0.3) is 0 Å². The van der Waals surface area contributed by atoms with Gasteiger partial charge < -0.3 is 19.9 Å². The third-order valence-electron chi connectivity index (χ3n) is 3.11. The van der Waals surface area contributed by atoms with Gasteiger partial charge in [-0.3, -0.25) is 0 Å². The molecule has 1 fully saturated rings. The maximum absolute atomic E-state index is 6.26. The highest BCUT2D eigenvalue weighted by Gasteiger charge is 2.26. The van der Waals surface area contributed by atoms with E-state index in [9.17, 15) is 0 Å². The predicted molar refractivity (Wildman–Crippen MR) is 72.9 cm³/mol. The Kier molecular flexibility index (Phi) is 4.61. The average molecular weight is 316 g/mol. The van der Waals surface area contributed by atoms with Gasteiger partial charge in [0.05, 0.1) is 33.0 Å². The Morgan fingerprint density at radius 2 is 2.22 bits per heavy atom. The summed E-state index contributed by atoms with van der Waals surface area (Å²) in [5.74, 6) is 0.789. The van der Waals surface area contributed by atoms with Gasteiger partial charge in [-0.1, -0.05) is 15.9 Å². The van der Waals surface area contributed by atoms with Gasteiger partial charge in [-0.05, 0) is 24.6 Å². The van der Waals surface area contributed by atoms with E-state index in [1.54, 1.807) is 7.11 Å². The minimum Gasteiger partial charge on any atom is -0.496 e. The average Bonchev–Trinajstić information content (AvgIpc) is 2.41. The lowest BCUT2D eigenvalue weighted by molar-refractivity contribution is -0.0977. The van der Waals surface area contributed by atoms with E-state index in [1.165, 1.54) is 0 Å². The Bertz CT molecular complexity index is 419. The summed E-state index contributed by atoms with van der Waals surface area (Å²) in [5.41, 5.74) is 8.31. The molecular weight excluding hydrogens is 298 g/mol. The molecule has 0 aromatic heterocycles. The van der Waals surface area contributed by atoms with E-state index >= 15 is 0 Å². The van der Waals surface area contributed by atoms with Gasteiger partial charge in [-0.25, -0.2) is 0 Å². The minimum absolute atomic E-state index is 0.123. The second-order valence-corrected chi connectivity index (χ2v) is 5.21. The second kappa shape index (κ2) is 6.02. The Hall–Kier alpha value is -0.620. The predicted octanol–water partition coefficient (Wildman–Crippen LogP) is 2.18. The van der Waals surface area contributed by atoms with E-state index in [-0.39, 0.29) is 12.1 Å². The third kappa shape index (κ3) is 2.85. The van der Waals surface area contributed by atoms with Crippen LogP contribution in [0.3, 0.4) is 0 Å². The van der Waals surface area contributed by atoms with Gasteiger partial charge in [0.2, 0.25) is 0 Å². The highest BCUT2D eigenvalue weighted by molar-refractivity contribution is 9.10. The molecule has 1 heterocycles. The van der Waals surface area contributed by atoms with Crippen molar-refractivity contribution in [3.05, 3.63) is 27.7 Å². The molecule has 1 aliphatic heterocycles. The van der Waals surface area contributed by atoms with Crippen molar-refractivity contribution in [3.63, 3.8) is 0 Å². The van der Waals surface area contributed by atoms with Crippen LogP contribution in [0.4, 0.5) is 0 Å². The van der Waals surface area contributed by atoms with Crippen molar-refractivity contribution < 1.29 is 14.2 Å². The summed E-state index contributed by atoms with van der Waals surface area (Å²) in [5, 5.41) is 0. The smallest absolute Gasteiger partial charge is 0.124 e. The first-order valence-electron chi connectivity index (χ1n) is 5.92. The van der Waals surface area contributed by atoms with Crippen molar-refractivity contribution >= 4 is 15.9 Å². The highest BCUT2D eigenvalue weighted by atomic mass is 79.9. The quantitative estimate of drug-likeness (QED) is 0.929. The van der Waals surface area contributed by atoms with Crippen LogP contribution in [0.25, 0.3) is 0 Å². The van der Waals surface area contributed by atoms with E-state index in [2.05, 4.69) is 15.9 Å². The number of ether oxygens (including phenoxy) is 3. The van der Waals surface area contributed by atoms with Crippen molar-refractivity contribution in [2.24, 2.45) is 5.73 Å². The topological polar surface area (TPSA) is 53.7 Å². The molecule has 1 aromatic carbocycles. The molecule has 0 radical (unpaired) electrons. The van der Waals surface area contributed by atoms with Crippen molar-refractivity contribution in [2.45, 2.75) is 19.1 Å². The molecule has 2 rings (SSSR count). The fraction of sp³-hybridized carbons (Fsp3) is 0.538. The molecule has 2 N–H and O–H groups in total. The van der Waals surface area contributed by atoms with Crippen LogP contribution < -0.4 is 10.5 Å². The van der Waals surface area contributed by atoms with Crippen molar-refractivity contribution in [1.29, 1.82) is 0 Å². The number of hydrogen-bond donors (Lipinski definition) is 1. The SMILES string of the molecule is COc1cc(C)c(Br)cc1C(N)C1COCCO1. The first kappa shape index (κ1) is 13.8. The molecule has 1 aromatic rings. The van der Waals surface area contributed by atoms with E-state index in [4.69, 9.17) is 19.9 Å². The van der Waals surface area contributed by atoms with Crippen LogP contribution in [0.1, 0.15) is 17.2 Å². The maximum Gasteiger partial charge on any atom is 0.124 e. The lowest BCUT2D eigenvalue weighted by Crippen LogP contribution is -2.38. The molecule has 2 atom stereocenters. The lowest BCUT2D eigenvalue weighted by atomic mass is 9.99. The van der Waals surface area contributed by atoms with Crippen LogP contribution in [-0.4, -0.2) is 33.0 Å². The fourth-order valence-electron chi connectivity index (χ4n) is 2.02. The zero-order valence-corrected chi connectivity index (χ0v) is 12.2. The van der Waals surface area contributed by atoms with Crippen LogP contribution in [0.2, 0.25) is 0 Å². The van der Waals surface area contributed by atoms with Gasteiger partial charge in [-0.15, -0.1) is 0 Å². The molecule has 5 heteroatoms. The number of methoxy groups -OCH3 is 1. The fourth-order valence-corrected chi connectivity index (χ4v) is 2.38. The number of nitrogens with two attached hydrogens (primary N) is 1. The number of benzene rings is 1. The number of halogens is 1. The zero-order chi connectivity index (χ0) is 13.1. The molecule has 0 saturated carbocycles. The Morgan fingerprint density at radius 3 is 2.83 bits per heavy atom. The van der Waals surface area contributed by atoms with Crippen LogP contribution >= 0.6 is 15.9 Å². The van der Waals surface area contributed by atoms with E-state index in [0.717, 1.165) is 21.3 Å². The normalized spacial score (nSPS) is 21.7. The Morgan fingerprint density at radius 1 is 1.44 bits per heavy atom. The van der Waals surface area contributed by atoms with E-state index in [0.29, 0.717) is 19.8 Å². The summed E-state index contributed by atoms with van der Waals surface area (Å²) in [6, 6.07) is 3.72.